The Morgan fingerprint density at radius 1 is 0.357 bits per heavy atom. The van der Waals surface area contributed by atoms with E-state index in [9.17, 15) is 0 Å². The van der Waals surface area contributed by atoms with E-state index in [0.29, 0.717) is 5.82 Å². The van der Waals surface area contributed by atoms with Crippen LogP contribution in [0.3, 0.4) is 0 Å². The van der Waals surface area contributed by atoms with E-state index in [2.05, 4.69) is 176 Å². The summed E-state index contributed by atoms with van der Waals surface area (Å²) in [6, 6.07) is 73.4. The average molecular weight is 715 g/mol. The minimum Gasteiger partial charge on any atom is -0.455 e. The quantitative estimate of drug-likeness (QED) is 0.172. The first-order chi connectivity index (χ1) is 27.8. The van der Waals surface area contributed by atoms with Gasteiger partial charge in [-0.3, -0.25) is 0 Å². The second-order valence-corrected chi connectivity index (χ2v) is 14.5. The van der Waals surface area contributed by atoms with Crippen LogP contribution in [0, 0.1) is 0 Å². The first-order valence-electron chi connectivity index (χ1n) is 19.1. The summed E-state index contributed by atoms with van der Waals surface area (Å²) >= 11 is 0. The Morgan fingerprint density at radius 3 is 1.68 bits per heavy atom. The molecule has 10 aromatic rings. The third kappa shape index (κ3) is 4.98. The molecule has 0 saturated carbocycles. The van der Waals surface area contributed by atoms with Crippen LogP contribution < -0.4 is 0 Å². The van der Waals surface area contributed by atoms with Gasteiger partial charge < -0.3 is 4.42 Å². The molecule has 0 fully saturated rings. The Labute approximate surface area is 325 Å². The summed E-state index contributed by atoms with van der Waals surface area (Å²) in [5, 5.41) is 2.16. The molecule has 0 aliphatic heterocycles. The second kappa shape index (κ2) is 12.9. The number of para-hydroxylation sites is 2. The number of nitrogens with zero attached hydrogens (tertiary/aromatic N) is 2. The Balaban J connectivity index is 1.08. The molecule has 3 heteroatoms. The van der Waals surface area contributed by atoms with Gasteiger partial charge in [-0.15, -0.1) is 0 Å². The van der Waals surface area contributed by atoms with E-state index in [-0.39, 0.29) is 0 Å². The van der Waals surface area contributed by atoms with Crippen LogP contribution in [-0.2, 0) is 5.41 Å². The zero-order valence-corrected chi connectivity index (χ0v) is 30.4. The number of hydrogen-bond acceptors (Lipinski definition) is 3. The van der Waals surface area contributed by atoms with Crippen molar-refractivity contribution < 1.29 is 4.42 Å². The SMILES string of the molecule is c1ccc(-c2nc(-c3cccc(-c4cccc(C5(c6ccccc6)c6ccccc6-c6ccccc65)c4)c3)cc(-c3cccc4c3oc3ccccc34)n2)cc1. The molecule has 2 aromatic heterocycles. The van der Waals surface area contributed by atoms with E-state index in [1.807, 2.05) is 30.3 Å². The number of aromatic nitrogens is 2. The molecule has 0 atom stereocenters. The normalized spacial score (nSPS) is 12.8. The largest absolute Gasteiger partial charge is 0.455 e. The minimum atomic E-state index is -0.466. The molecule has 56 heavy (non-hydrogen) atoms. The van der Waals surface area contributed by atoms with Crippen molar-refractivity contribution in [2.24, 2.45) is 0 Å². The number of rotatable bonds is 6. The number of hydrogen-bond donors (Lipinski definition) is 0. The molecule has 3 nitrogen and oxygen atoms in total. The predicted octanol–water partition coefficient (Wildman–Crippen LogP) is 13.4. The fraction of sp³-hybridized carbons (Fsp3) is 0.0189. The number of fused-ring (bicyclic) bond motifs is 6. The monoisotopic (exact) mass is 714 g/mol. The van der Waals surface area contributed by atoms with Crippen LogP contribution in [0.25, 0.3) is 78.1 Å². The lowest BCUT2D eigenvalue weighted by Crippen LogP contribution is -2.28. The van der Waals surface area contributed by atoms with Gasteiger partial charge in [-0.1, -0.05) is 176 Å². The third-order valence-corrected chi connectivity index (χ3v) is 11.4. The Morgan fingerprint density at radius 2 is 0.893 bits per heavy atom. The zero-order valence-electron chi connectivity index (χ0n) is 30.4. The van der Waals surface area contributed by atoms with Gasteiger partial charge in [0, 0.05) is 27.5 Å². The lowest BCUT2D eigenvalue weighted by atomic mass is 9.67. The molecule has 11 rings (SSSR count). The summed E-state index contributed by atoms with van der Waals surface area (Å²) in [5.41, 5.74) is 15.7. The smallest absolute Gasteiger partial charge is 0.160 e. The van der Waals surface area contributed by atoms with E-state index in [0.717, 1.165) is 61.1 Å². The van der Waals surface area contributed by atoms with Crippen molar-refractivity contribution in [2.75, 3.05) is 0 Å². The zero-order chi connectivity index (χ0) is 37.1. The fourth-order valence-corrected chi connectivity index (χ4v) is 8.90. The summed E-state index contributed by atoms with van der Waals surface area (Å²) in [4.78, 5) is 10.4. The maximum atomic E-state index is 6.48. The van der Waals surface area contributed by atoms with Crippen LogP contribution in [0.5, 0.6) is 0 Å². The van der Waals surface area contributed by atoms with Gasteiger partial charge in [-0.05, 0) is 74.8 Å². The summed E-state index contributed by atoms with van der Waals surface area (Å²) in [7, 11) is 0. The van der Waals surface area contributed by atoms with Crippen LogP contribution in [0.4, 0.5) is 0 Å². The molecule has 0 spiro atoms. The highest BCUT2D eigenvalue weighted by Crippen LogP contribution is 2.56. The summed E-state index contributed by atoms with van der Waals surface area (Å²) in [6.07, 6.45) is 0. The van der Waals surface area contributed by atoms with Gasteiger partial charge in [-0.2, -0.15) is 0 Å². The highest BCUT2D eigenvalue weighted by atomic mass is 16.3. The Hall–Kier alpha value is -7.36. The van der Waals surface area contributed by atoms with Crippen molar-refractivity contribution in [3.05, 3.63) is 229 Å². The highest BCUT2D eigenvalue weighted by Gasteiger charge is 2.45. The van der Waals surface area contributed by atoms with Gasteiger partial charge in [0.1, 0.15) is 11.2 Å². The van der Waals surface area contributed by atoms with Gasteiger partial charge in [0.15, 0.2) is 5.82 Å². The van der Waals surface area contributed by atoms with Gasteiger partial charge in [0.25, 0.3) is 0 Å². The molecular weight excluding hydrogens is 681 g/mol. The molecule has 2 heterocycles. The van der Waals surface area contributed by atoms with Crippen molar-refractivity contribution in [1.82, 2.24) is 9.97 Å². The summed E-state index contributed by atoms with van der Waals surface area (Å²) in [6.45, 7) is 0. The number of benzene rings is 8. The van der Waals surface area contributed by atoms with Crippen LogP contribution in [0.15, 0.2) is 211 Å². The van der Waals surface area contributed by atoms with Crippen molar-refractivity contribution >= 4 is 21.9 Å². The van der Waals surface area contributed by atoms with E-state index < -0.39 is 5.41 Å². The second-order valence-electron chi connectivity index (χ2n) is 14.5. The lowest BCUT2D eigenvalue weighted by molar-refractivity contribution is 0.670. The van der Waals surface area contributed by atoms with E-state index >= 15 is 0 Å². The maximum Gasteiger partial charge on any atom is 0.160 e. The maximum absolute atomic E-state index is 6.48. The molecule has 8 aromatic carbocycles. The Bertz CT molecular complexity index is 3040. The fourth-order valence-electron chi connectivity index (χ4n) is 8.90. The number of furan rings is 1. The minimum absolute atomic E-state index is 0.466. The van der Waals surface area contributed by atoms with Gasteiger partial charge in [0.05, 0.1) is 16.8 Å². The molecule has 1 aliphatic rings. The van der Waals surface area contributed by atoms with Crippen molar-refractivity contribution in [1.29, 1.82) is 0 Å². The average Bonchev–Trinajstić information content (AvgIpc) is 3.81. The first-order valence-corrected chi connectivity index (χ1v) is 19.1. The van der Waals surface area contributed by atoms with Gasteiger partial charge >= 0.3 is 0 Å². The summed E-state index contributed by atoms with van der Waals surface area (Å²) in [5.74, 6) is 0.669. The standard InChI is InChI=1S/C53H34N2O/c1-3-16-35(17-4-1)52-54-48(34-49(55-52)45-28-15-27-44-43-26-9-12-31-50(43)56-51(44)45)38-20-13-18-36(32-38)37-19-14-23-40(33-37)53(39-21-5-2-6-22-39)46-29-10-7-24-41(46)42-25-8-11-30-47(42)53/h1-34H. The molecule has 0 bridgehead atoms. The molecular formula is C53H34N2O. The molecule has 0 amide bonds. The highest BCUT2D eigenvalue weighted by molar-refractivity contribution is 6.09. The lowest BCUT2D eigenvalue weighted by Gasteiger charge is -2.34. The molecule has 262 valence electrons. The Kier molecular flexibility index (Phi) is 7.39. The topological polar surface area (TPSA) is 38.9 Å². The van der Waals surface area contributed by atoms with Crippen LogP contribution >= 0.6 is 0 Å². The molecule has 0 saturated heterocycles. The van der Waals surface area contributed by atoms with Crippen LogP contribution in [0.2, 0.25) is 0 Å². The molecule has 1 aliphatic carbocycles. The van der Waals surface area contributed by atoms with Crippen molar-refractivity contribution in [3.8, 4) is 56.2 Å². The molecule has 0 N–H and O–H groups in total. The van der Waals surface area contributed by atoms with E-state index in [1.54, 1.807) is 0 Å². The van der Waals surface area contributed by atoms with E-state index in [1.165, 1.54) is 33.4 Å². The molecule has 0 radical (unpaired) electrons. The predicted molar refractivity (Wildman–Crippen MR) is 228 cm³/mol. The molecule has 0 unspecified atom stereocenters. The summed E-state index contributed by atoms with van der Waals surface area (Å²) < 4.78 is 6.48. The van der Waals surface area contributed by atoms with Crippen molar-refractivity contribution in [3.63, 3.8) is 0 Å². The van der Waals surface area contributed by atoms with Crippen LogP contribution in [0.1, 0.15) is 22.3 Å². The van der Waals surface area contributed by atoms with Gasteiger partial charge in [0.2, 0.25) is 0 Å². The first kappa shape index (κ1) is 32.1. The van der Waals surface area contributed by atoms with Crippen LogP contribution in [-0.4, -0.2) is 9.97 Å². The van der Waals surface area contributed by atoms with Crippen molar-refractivity contribution in [2.45, 2.75) is 5.41 Å². The van der Waals surface area contributed by atoms with E-state index in [4.69, 9.17) is 14.4 Å². The van der Waals surface area contributed by atoms with Gasteiger partial charge in [-0.25, -0.2) is 9.97 Å². The third-order valence-electron chi connectivity index (χ3n) is 11.4.